The maximum atomic E-state index is 6.56. The molecule has 5 heterocycles. The predicted molar refractivity (Wildman–Crippen MR) is 477 cm³/mol. The first kappa shape index (κ1) is 71.9. The highest BCUT2D eigenvalue weighted by Gasteiger charge is 2.55. The number of fused-ring (bicyclic) bond motifs is 20. The highest BCUT2D eigenvalue weighted by molar-refractivity contribution is 9.10. The summed E-state index contributed by atoms with van der Waals surface area (Å²) < 4.78 is 26.5. The van der Waals surface area contributed by atoms with E-state index in [1.54, 1.807) is 0 Å². The lowest BCUT2D eigenvalue weighted by atomic mass is 9.66. The lowest BCUT2D eigenvalue weighted by molar-refractivity contribution is 0.00578. The number of para-hydroxylation sites is 4. The van der Waals surface area contributed by atoms with Gasteiger partial charge in [-0.25, -0.2) is 29.9 Å². The van der Waals surface area contributed by atoms with Gasteiger partial charge in [-0.1, -0.05) is 337 Å². The molecule has 0 N–H and O–H groups in total. The maximum absolute atomic E-state index is 6.56. The average molecular weight is 1590 g/mol. The fraction of sp³-hybridized carbons (Fsp3) is 0.0755. The number of hydrogen-bond acceptors (Lipinski definition) is 10. The van der Waals surface area contributed by atoms with Crippen LogP contribution >= 0.6 is 15.9 Å². The van der Waals surface area contributed by atoms with Gasteiger partial charge in [-0.3, -0.25) is 0 Å². The zero-order valence-electron chi connectivity index (χ0n) is 65.1. The van der Waals surface area contributed by atoms with Gasteiger partial charge < -0.3 is 18.8 Å². The van der Waals surface area contributed by atoms with Crippen molar-refractivity contribution >= 4 is 50.3 Å². The monoisotopic (exact) mass is 1580 g/mol. The third-order valence-corrected chi connectivity index (χ3v) is 24.7. The summed E-state index contributed by atoms with van der Waals surface area (Å²) in [5, 5.41) is 4.91. The molecule has 562 valence electrons. The molecule has 12 heteroatoms. The van der Waals surface area contributed by atoms with E-state index in [0.717, 1.165) is 77.5 Å². The fourth-order valence-electron chi connectivity index (χ4n) is 17.8. The second-order valence-electron chi connectivity index (χ2n) is 31.5. The SMILES string of the molecule is Brc1ccc2c(c1)C1(c3ccccc3Oc3ccccc31)c1ccccc1-2.CC1(C)OB(c2nc(-c3ccccc3)nc(-c3ccc(-c4ccc5ccccc5c4)cc3)n2)OC1(C)C.c1ccc(-c2nc(-c3ccc(-c4ccc5ccccc5c4)cc3)nc(-c3ccc4c(c3)C3(c5ccccc5Oc5ccccc53)c3ccccc3-4)n2)cc1. The molecule has 2 aromatic heterocycles. The molecule has 3 aliphatic heterocycles. The van der Waals surface area contributed by atoms with Crippen LogP contribution in [0.3, 0.4) is 0 Å². The summed E-state index contributed by atoms with van der Waals surface area (Å²) in [6, 6.07) is 132. The summed E-state index contributed by atoms with van der Waals surface area (Å²) in [7, 11) is -0.675. The second kappa shape index (κ2) is 28.8. The first-order valence-corrected chi connectivity index (χ1v) is 40.7. The first-order chi connectivity index (χ1) is 57.8. The molecule has 2 spiro atoms. The topological polar surface area (TPSA) is 114 Å². The smallest absolute Gasteiger partial charge is 0.457 e. The molecule has 18 aromatic rings. The first-order valence-electron chi connectivity index (χ1n) is 39.9. The zero-order chi connectivity index (χ0) is 79.3. The third-order valence-electron chi connectivity index (χ3n) is 24.2. The van der Waals surface area contributed by atoms with E-state index in [4.69, 9.17) is 48.7 Å². The molecule has 0 saturated carbocycles. The van der Waals surface area contributed by atoms with Crippen LogP contribution in [0.1, 0.15) is 72.2 Å². The molecule has 1 saturated heterocycles. The minimum Gasteiger partial charge on any atom is -0.457 e. The van der Waals surface area contributed by atoms with Crippen LogP contribution < -0.4 is 15.2 Å². The zero-order valence-corrected chi connectivity index (χ0v) is 66.7. The number of rotatable bonds is 8. The molecule has 0 amide bonds. The number of aromatic nitrogens is 6. The molecular formula is C106H74BBrN6O4. The van der Waals surface area contributed by atoms with Crippen molar-refractivity contribution in [2.45, 2.75) is 49.7 Å². The maximum Gasteiger partial charge on any atom is 0.534 e. The molecule has 1 fully saturated rings. The Labute approximate surface area is 693 Å². The molecule has 118 heavy (non-hydrogen) atoms. The van der Waals surface area contributed by atoms with Gasteiger partial charge >= 0.3 is 7.12 Å². The van der Waals surface area contributed by atoms with E-state index in [2.05, 4.69) is 319 Å². The van der Waals surface area contributed by atoms with Crippen molar-refractivity contribution in [3.05, 3.63) is 425 Å². The van der Waals surface area contributed by atoms with E-state index in [1.807, 2.05) is 100 Å². The Morgan fingerprint density at radius 2 is 0.525 bits per heavy atom. The summed E-state index contributed by atoms with van der Waals surface area (Å²) >= 11 is 3.71. The molecule has 2 aliphatic carbocycles. The molecule has 10 nitrogen and oxygen atoms in total. The molecule has 16 aromatic carbocycles. The Bertz CT molecular complexity index is 6890. The van der Waals surface area contributed by atoms with Gasteiger partial charge in [-0.2, -0.15) is 0 Å². The second-order valence-corrected chi connectivity index (χ2v) is 32.4. The van der Waals surface area contributed by atoms with Crippen molar-refractivity contribution in [1.29, 1.82) is 0 Å². The molecule has 0 atom stereocenters. The summed E-state index contributed by atoms with van der Waals surface area (Å²) in [6.07, 6.45) is 0. The van der Waals surface area contributed by atoms with E-state index >= 15 is 0 Å². The average Bonchev–Trinajstić information content (AvgIpc) is 1.51. The van der Waals surface area contributed by atoms with E-state index in [0.29, 0.717) is 34.8 Å². The molecule has 0 bridgehead atoms. The van der Waals surface area contributed by atoms with Gasteiger partial charge in [-0.05, 0) is 171 Å². The standard InChI is InChI=1S/C50H31N3O.C31H28BN3O2.C25H15BrO/c1-2-13-34(14-3-1)47-51-48(35-25-22-33(23-26-35)37-27-24-32-12-4-5-15-36(32)30-37)53-49(52-47)38-28-29-40-39-16-6-7-17-41(39)50(44(40)31-38)42-18-8-10-20-45(42)54-46-21-11-9-19-43(46)50;1-30(2)31(3,4)37-32(36-30)29-34-27(23-11-6-5-7-12-23)33-28(35-29)24-17-14-22(15-18-24)26-19-16-21-10-8-9-13-25(21)20-26;26-16-13-14-18-17-7-1-2-8-19(17)25(22(18)15-16)20-9-3-5-11-23(20)27-24-12-6-4-10-21(24)25/h1-31H;5-20H,1-4H3;1-15H. The number of hydrogen-bond donors (Lipinski definition) is 0. The largest absolute Gasteiger partial charge is 0.534 e. The Hall–Kier alpha value is -13.9. The van der Waals surface area contributed by atoms with E-state index in [1.165, 1.54) is 88.3 Å². The van der Waals surface area contributed by atoms with Gasteiger partial charge in [0.1, 0.15) is 23.0 Å². The highest BCUT2D eigenvalue weighted by atomic mass is 79.9. The van der Waals surface area contributed by atoms with Crippen LogP contribution in [0.5, 0.6) is 23.0 Å². The van der Waals surface area contributed by atoms with Crippen LogP contribution in [0.4, 0.5) is 0 Å². The predicted octanol–water partition coefficient (Wildman–Crippen LogP) is 25.4. The molecule has 5 aliphatic rings. The van der Waals surface area contributed by atoms with Gasteiger partial charge in [0.15, 0.2) is 34.8 Å². The summed E-state index contributed by atoms with van der Waals surface area (Å²) in [5.41, 5.74) is 22.5. The van der Waals surface area contributed by atoms with E-state index in [9.17, 15) is 0 Å². The number of halogens is 1. The highest BCUT2D eigenvalue weighted by Crippen LogP contribution is 2.64. The molecule has 23 rings (SSSR count). The Kier molecular flexibility index (Phi) is 17.6. The van der Waals surface area contributed by atoms with Crippen molar-refractivity contribution < 1.29 is 18.8 Å². The minimum absolute atomic E-state index is 0.360. The van der Waals surface area contributed by atoms with Crippen LogP contribution in [-0.2, 0) is 20.1 Å². The van der Waals surface area contributed by atoms with Crippen LogP contribution in [0.25, 0.3) is 123 Å². The Balaban J connectivity index is 0.000000117. The minimum atomic E-state index is -0.675. The Morgan fingerprint density at radius 3 is 0.949 bits per heavy atom. The summed E-state index contributed by atoms with van der Waals surface area (Å²) in [4.78, 5) is 29.8. The van der Waals surface area contributed by atoms with Gasteiger partial charge in [0, 0.05) is 54.5 Å². The summed E-state index contributed by atoms with van der Waals surface area (Å²) in [5.74, 6) is 6.66. The lowest BCUT2D eigenvalue weighted by Gasteiger charge is -2.39. The Morgan fingerprint density at radius 1 is 0.229 bits per heavy atom. The number of ether oxygens (including phenoxy) is 2. The van der Waals surface area contributed by atoms with Crippen LogP contribution in [0.2, 0.25) is 0 Å². The fourth-order valence-corrected chi connectivity index (χ4v) is 18.2. The van der Waals surface area contributed by atoms with Gasteiger partial charge in [0.2, 0.25) is 0 Å². The number of benzene rings is 16. The van der Waals surface area contributed by atoms with Crippen molar-refractivity contribution in [3.8, 4) is 124 Å². The normalized spacial score (nSPS) is 14.5. The molecular weight excluding hydrogens is 1510 g/mol. The summed E-state index contributed by atoms with van der Waals surface area (Å²) in [6.45, 7) is 8.11. The van der Waals surface area contributed by atoms with Crippen molar-refractivity contribution in [3.63, 3.8) is 0 Å². The van der Waals surface area contributed by atoms with Crippen LogP contribution in [0.15, 0.2) is 381 Å². The van der Waals surface area contributed by atoms with Gasteiger partial charge in [0.05, 0.1) is 22.0 Å². The molecule has 0 radical (unpaired) electrons. The van der Waals surface area contributed by atoms with Crippen molar-refractivity contribution in [2.75, 3.05) is 0 Å². The third kappa shape index (κ3) is 12.2. The van der Waals surface area contributed by atoms with Gasteiger partial charge in [0.25, 0.3) is 0 Å². The van der Waals surface area contributed by atoms with Gasteiger partial charge in [-0.15, -0.1) is 0 Å². The van der Waals surface area contributed by atoms with Crippen LogP contribution in [0, 0.1) is 0 Å². The lowest BCUT2D eigenvalue weighted by Crippen LogP contribution is -2.41. The molecule has 0 unspecified atom stereocenters. The van der Waals surface area contributed by atoms with E-state index < -0.39 is 23.7 Å². The quantitative estimate of drug-likeness (QED) is 0.136. The van der Waals surface area contributed by atoms with Crippen LogP contribution in [-0.4, -0.2) is 48.2 Å². The number of nitrogens with zero attached hydrogens (tertiary/aromatic N) is 6. The van der Waals surface area contributed by atoms with Crippen molar-refractivity contribution in [1.82, 2.24) is 29.9 Å². The van der Waals surface area contributed by atoms with E-state index in [-0.39, 0.29) is 5.41 Å². The van der Waals surface area contributed by atoms with Crippen molar-refractivity contribution in [2.24, 2.45) is 0 Å².